The van der Waals surface area contributed by atoms with Gasteiger partial charge in [0.15, 0.2) is 0 Å². The molecule has 6 heteroatoms. The molecule has 0 saturated heterocycles. The molecule has 0 aliphatic rings. The van der Waals surface area contributed by atoms with E-state index in [1.807, 2.05) is 0 Å². The molecule has 0 amide bonds. The fourth-order valence-corrected chi connectivity index (χ4v) is 1.01. The van der Waals surface area contributed by atoms with Gasteiger partial charge in [-0.05, 0) is 6.92 Å². The van der Waals surface area contributed by atoms with Gasteiger partial charge >= 0.3 is 37.4 Å². The van der Waals surface area contributed by atoms with Crippen molar-refractivity contribution >= 4 is 37.4 Å². The molecule has 0 radical (unpaired) electrons. The summed E-state index contributed by atoms with van der Waals surface area (Å²) in [5.74, 6) is 0. The molecule has 0 unspecified atom stereocenters. The second-order valence-electron chi connectivity index (χ2n) is 1.23. The third kappa shape index (κ3) is 4.85. The molecular formula is C4H12NaO4P. The number of phosphoric ester groups is 1. The van der Waals surface area contributed by atoms with E-state index in [1.54, 1.807) is 6.92 Å². The van der Waals surface area contributed by atoms with Crippen LogP contribution in [0.5, 0.6) is 0 Å². The van der Waals surface area contributed by atoms with E-state index >= 15 is 0 Å². The zero-order valence-corrected chi connectivity index (χ0v) is 6.68. The Bertz CT molecular complexity index is 110. The van der Waals surface area contributed by atoms with Crippen LogP contribution in [-0.4, -0.2) is 50.4 Å². The van der Waals surface area contributed by atoms with Gasteiger partial charge in [-0.15, -0.1) is 0 Å². The van der Waals surface area contributed by atoms with Gasteiger partial charge in [-0.3, -0.25) is 13.6 Å². The second-order valence-corrected chi connectivity index (χ2v) is 3.11. The van der Waals surface area contributed by atoms with E-state index in [0.29, 0.717) is 6.61 Å². The van der Waals surface area contributed by atoms with E-state index in [1.165, 1.54) is 14.2 Å². The first-order chi connectivity index (χ1) is 4.18. The Morgan fingerprint density at radius 3 is 1.80 bits per heavy atom. The van der Waals surface area contributed by atoms with Crippen LogP contribution in [0.15, 0.2) is 0 Å². The van der Waals surface area contributed by atoms with Gasteiger partial charge < -0.3 is 0 Å². The van der Waals surface area contributed by atoms with Crippen molar-refractivity contribution in [3.63, 3.8) is 0 Å². The molecule has 0 N–H and O–H groups in total. The summed E-state index contributed by atoms with van der Waals surface area (Å²) in [6, 6.07) is 0. The Balaban J connectivity index is 0. The Morgan fingerprint density at radius 1 is 1.30 bits per heavy atom. The van der Waals surface area contributed by atoms with E-state index in [9.17, 15) is 4.57 Å². The summed E-state index contributed by atoms with van der Waals surface area (Å²) in [4.78, 5) is 0. The molecule has 0 aromatic rings. The van der Waals surface area contributed by atoms with Gasteiger partial charge in [0.25, 0.3) is 0 Å². The SMILES string of the molecule is CCOP(=O)(OC)OC.[NaH]. The zero-order chi connectivity index (χ0) is 7.33. The molecule has 0 atom stereocenters. The van der Waals surface area contributed by atoms with Gasteiger partial charge in [0.05, 0.1) is 6.61 Å². The second kappa shape index (κ2) is 6.80. The van der Waals surface area contributed by atoms with E-state index < -0.39 is 7.82 Å². The molecule has 0 rings (SSSR count). The van der Waals surface area contributed by atoms with E-state index in [2.05, 4.69) is 13.6 Å². The summed E-state index contributed by atoms with van der Waals surface area (Å²) >= 11 is 0. The molecule has 0 aromatic carbocycles. The van der Waals surface area contributed by atoms with Gasteiger partial charge in [0, 0.05) is 14.2 Å². The summed E-state index contributed by atoms with van der Waals surface area (Å²) < 4.78 is 24.4. The minimum absolute atomic E-state index is 0. The Morgan fingerprint density at radius 2 is 1.70 bits per heavy atom. The summed E-state index contributed by atoms with van der Waals surface area (Å²) in [5, 5.41) is 0. The summed E-state index contributed by atoms with van der Waals surface area (Å²) in [6.07, 6.45) is 0. The third-order valence-electron chi connectivity index (χ3n) is 0.734. The van der Waals surface area contributed by atoms with Crippen LogP contribution in [0.4, 0.5) is 0 Å². The molecule has 0 spiro atoms. The van der Waals surface area contributed by atoms with Crippen LogP contribution in [0, 0.1) is 0 Å². The van der Waals surface area contributed by atoms with Crippen molar-refractivity contribution in [1.29, 1.82) is 0 Å². The first kappa shape index (κ1) is 13.7. The fourth-order valence-electron chi connectivity index (χ4n) is 0.338. The molecule has 0 fully saturated rings. The Labute approximate surface area is 83.1 Å². The number of rotatable bonds is 4. The number of hydrogen-bond acceptors (Lipinski definition) is 4. The van der Waals surface area contributed by atoms with Crippen LogP contribution in [0.2, 0.25) is 0 Å². The van der Waals surface area contributed by atoms with Crippen molar-refractivity contribution in [1.82, 2.24) is 0 Å². The summed E-state index contributed by atoms with van der Waals surface area (Å²) in [5.41, 5.74) is 0. The molecule has 0 heterocycles. The maximum absolute atomic E-state index is 10.9. The molecule has 58 valence electrons. The van der Waals surface area contributed by atoms with Crippen LogP contribution >= 0.6 is 7.82 Å². The molecule has 4 nitrogen and oxygen atoms in total. The van der Waals surface area contributed by atoms with Crippen molar-refractivity contribution in [2.75, 3.05) is 20.8 Å². The predicted molar refractivity (Wildman–Crippen MR) is 40.4 cm³/mol. The zero-order valence-electron chi connectivity index (χ0n) is 5.79. The molecule has 0 saturated carbocycles. The van der Waals surface area contributed by atoms with Crippen LogP contribution in [0.3, 0.4) is 0 Å². The average Bonchev–Trinajstić information content (AvgIpc) is 1.89. The third-order valence-corrected chi connectivity index (χ3v) is 2.20. The van der Waals surface area contributed by atoms with Crippen molar-refractivity contribution in [2.24, 2.45) is 0 Å². The summed E-state index contributed by atoms with van der Waals surface area (Å²) in [6.45, 7) is 2.03. The number of phosphoric acid groups is 1. The molecule has 0 bridgehead atoms. The van der Waals surface area contributed by atoms with E-state index in [-0.39, 0.29) is 29.6 Å². The molecule has 0 aliphatic carbocycles. The minimum atomic E-state index is -3.18. The Kier molecular flexibility index (Phi) is 9.30. The Hall–Kier alpha value is 1.11. The fraction of sp³-hybridized carbons (Fsp3) is 1.00. The van der Waals surface area contributed by atoms with Crippen LogP contribution in [0.1, 0.15) is 6.92 Å². The quantitative estimate of drug-likeness (QED) is 0.471. The maximum atomic E-state index is 10.9. The van der Waals surface area contributed by atoms with E-state index in [4.69, 9.17) is 0 Å². The first-order valence-corrected chi connectivity index (χ1v) is 4.00. The predicted octanol–water partition coefficient (Wildman–Crippen LogP) is 0.775. The van der Waals surface area contributed by atoms with E-state index in [0.717, 1.165) is 0 Å². The van der Waals surface area contributed by atoms with Crippen molar-refractivity contribution < 1.29 is 18.1 Å². The van der Waals surface area contributed by atoms with Gasteiger partial charge in [0.2, 0.25) is 0 Å². The van der Waals surface area contributed by atoms with Crippen LogP contribution in [-0.2, 0) is 18.1 Å². The van der Waals surface area contributed by atoms with Crippen LogP contribution < -0.4 is 0 Å². The van der Waals surface area contributed by atoms with Gasteiger partial charge in [0.1, 0.15) is 0 Å². The van der Waals surface area contributed by atoms with Crippen molar-refractivity contribution in [3.8, 4) is 0 Å². The first-order valence-electron chi connectivity index (χ1n) is 2.54. The monoisotopic (exact) mass is 178 g/mol. The molecule has 10 heavy (non-hydrogen) atoms. The average molecular weight is 178 g/mol. The van der Waals surface area contributed by atoms with Gasteiger partial charge in [-0.1, -0.05) is 0 Å². The normalized spacial score (nSPS) is 10.7. The van der Waals surface area contributed by atoms with Crippen LogP contribution in [0.25, 0.3) is 0 Å². The molecular weight excluding hydrogens is 166 g/mol. The van der Waals surface area contributed by atoms with Gasteiger partial charge in [-0.25, -0.2) is 4.57 Å². The van der Waals surface area contributed by atoms with Crippen molar-refractivity contribution in [2.45, 2.75) is 6.92 Å². The standard InChI is InChI=1S/C4H11O4P.Na.H/c1-4-8-9(5,6-2)7-3;;/h4H2,1-3H3;;. The van der Waals surface area contributed by atoms with Gasteiger partial charge in [-0.2, -0.15) is 0 Å². The molecule has 0 aromatic heterocycles. The topological polar surface area (TPSA) is 44.8 Å². The molecule has 0 aliphatic heterocycles. The van der Waals surface area contributed by atoms with Crippen molar-refractivity contribution in [3.05, 3.63) is 0 Å². The number of hydrogen-bond donors (Lipinski definition) is 0. The summed E-state index contributed by atoms with van der Waals surface area (Å²) in [7, 11) is -0.626.